The Morgan fingerprint density at radius 3 is 2.55 bits per heavy atom. The molecule has 2 bridgehead atoms. The molecule has 2 saturated heterocycles. The average Bonchev–Trinajstić information content (AvgIpc) is 2.71. The number of aromatic nitrogens is 1. The van der Waals surface area contributed by atoms with Gasteiger partial charge >= 0.3 is 0 Å². The number of amides is 1. The van der Waals surface area contributed by atoms with E-state index in [4.69, 9.17) is 15.2 Å². The molecular weight excluding hydrogens is 366 g/mol. The number of nitrogens with two attached hydrogens (primary N) is 1. The van der Waals surface area contributed by atoms with Crippen LogP contribution in [0.1, 0.15) is 61.0 Å². The smallest absolute Gasteiger partial charge is 0.267 e. The fourth-order valence-corrected chi connectivity index (χ4v) is 6.91. The van der Waals surface area contributed by atoms with Crippen molar-refractivity contribution in [3.05, 3.63) is 29.6 Å². The first-order valence-electron chi connectivity index (χ1n) is 11.2. The molecule has 5 rings (SSSR count). The second kappa shape index (κ2) is 7.33. The normalized spacial score (nSPS) is 34.7. The summed E-state index contributed by atoms with van der Waals surface area (Å²) in [4.78, 5) is 18.6. The zero-order valence-electron chi connectivity index (χ0n) is 17.4. The molecule has 0 aromatic carbocycles. The number of rotatable bonds is 4. The van der Waals surface area contributed by atoms with Crippen LogP contribution in [-0.2, 0) is 15.1 Å². The van der Waals surface area contributed by atoms with Crippen molar-refractivity contribution >= 4 is 5.91 Å². The van der Waals surface area contributed by atoms with Crippen LogP contribution in [0.4, 0.5) is 0 Å². The van der Waals surface area contributed by atoms with E-state index in [1.54, 1.807) is 6.20 Å². The van der Waals surface area contributed by atoms with E-state index in [-0.39, 0.29) is 5.60 Å². The third kappa shape index (κ3) is 3.11. The molecule has 1 aromatic rings. The van der Waals surface area contributed by atoms with Crippen LogP contribution in [0, 0.1) is 17.3 Å². The number of hydrogen-bond acceptors (Lipinski definition) is 5. The standard InChI is InChI=1S/C23H33N3O3/c1-28-23(16-5-8-25-20(11-16)21(24)27)17-3-2-4-18(23)15-26(14-17)19-12-22(13-19)6-9-29-10-7-22/h5,8,11,17-19H,2-4,6-7,9-10,12-15H2,1H3,(H2,24,27)/t17-,18+,23?. The number of primary amides is 1. The highest BCUT2D eigenvalue weighted by Gasteiger charge is 2.56. The fourth-order valence-electron chi connectivity index (χ4n) is 6.91. The summed E-state index contributed by atoms with van der Waals surface area (Å²) in [5.74, 6) is 0.403. The van der Waals surface area contributed by atoms with Crippen LogP contribution in [-0.4, -0.2) is 55.2 Å². The van der Waals surface area contributed by atoms with E-state index >= 15 is 0 Å². The summed E-state index contributed by atoms with van der Waals surface area (Å²) in [7, 11) is 1.84. The largest absolute Gasteiger partial charge is 0.381 e. The van der Waals surface area contributed by atoms with Gasteiger partial charge in [0.15, 0.2) is 0 Å². The number of hydrogen-bond donors (Lipinski definition) is 1. The van der Waals surface area contributed by atoms with Gasteiger partial charge in [0.2, 0.25) is 0 Å². The van der Waals surface area contributed by atoms with E-state index in [0.29, 0.717) is 29.0 Å². The molecule has 6 heteroatoms. The minimum Gasteiger partial charge on any atom is -0.381 e. The Morgan fingerprint density at radius 1 is 1.24 bits per heavy atom. The van der Waals surface area contributed by atoms with Crippen molar-refractivity contribution in [2.75, 3.05) is 33.4 Å². The van der Waals surface area contributed by atoms with Crippen molar-refractivity contribution in [2.45, 2.75) is 56.6 Å². The first-order chi connectivity index (χ1) is 14.1. The van der Waals surface area contributed by atoms with Crippen molar-refractivity contribution in [3.63, 3.8) is 0 Å². The zero-order chi connectivity index (χ0) is 20.1. The van der Waals surface area contributed by atoms with Crippen LogP contribution >= 0.6 is 0 Å². The van der Waals surface area contributed by atoms with Gasteiger partial charge in [0.25, 0.3) is 5.91 Å². The van der Waals surface area contributed by atoms with Crippen LogP contribution in [0.3, 0.4) is 0 Å². The highest BCUT2D eigenvalue weighted by atomic mass is 16.5. The van der Waals surface area contributed by atoms with Crippen molar-refractivity contribution in [2.24, 2.45) is 23.0 Å². The summed E-state index contributed by atoms with van der Waals surface area (Å²) in [6.07, 6.45) is 10.4. The van der Waals surface area contributed by atoms with Gasteiger partial charge in [-0.15, -0.1) is 0 Å². The average molecular weight is 400 g/mol. The molecule has 2 aliphatic heterocycles. The molecule has 4 fully saturated rings. The maximum atomic E-state index is 11.7. The van der Waals surface area contributed by atoms with Gasteiger partial charge in [0.05, 0.1) is 0 Å². The van der Waals surface area contributed by atoms with Crippen molar-refractivity contribution in [1.82, 2.24) is 9.88 Å². The summed E-state index contributed by atoms with van der Waals surface area (Å²) >= 11 is 0. The topological polar surface area (TPSA) is 77.7 Å². The highest BCUT2D eigenvalue weighted by Crippen LogP contribution is 2.56. The predicted molar refractivity (Wildman–Crippen MR) is 109 cm³/mol. The first-order valence-corrected chi connectivity index (χ1v) is 11.2. The Hall–Kier alpha value is -1.50. The number of carbonyl (C=O) groups is 1. The molecule has 2 aliphatic carbocycles. The summed E-state index contributed by atoms with van der Waals surface area (Å²) in [6, 6.07) is 4.61. The Balaban J connectivity index is 1.38. The number of piperidine rings is 1. The molecule has 4 aliphatic rings. The Kier molecular flexibility index (Phi) is 4.92. The minimum atomic E-state index is -0.475. The number of pyridine rings is 1. The third-order valence-corrected chi connectivity index (χ3v) is 8.44. The number of carbonyl (C=O) groups excluding carboxylic acids is 1. The molecule has 29 heavy (non-hydrogen) atoms. The van der Waals surface area contributed by atoms with E-state index in [1.165, 1.54) is 44.9 Å². The van der Waals surface area contributed by atoms with Crippen molar-refractivity contribution in [3.8, 4) is 0 Å². The summed E-state index contributed by atoms with van der Waals surface area (Å²) in [6.45, 7) is 4.04. The second-order valence-corrected chi connectivity index (χ2v) is 9.74. The lowest BCUT2D eigenvalue weighted by Crippen LogP contribution is -2.64. The van der Waals surface area contributed by atoms with Gasteiger partial charge in [-0.25, -0.2) is 0 Å². The van der Waals surface area contributed by atoms with Gasteiger partial charge in [-0.1, -0.05) is 6.42 Å². The van der Waals surface area contributed by atoms with Gasteiger partial charge in [-0.2, -0.15) is 0 Å². The molecule has 1 aromatic heterocycles. The molecule has 2 N–H and O–H groups in total. The van der Waals surface area contributed by atoms with E-state index in [2.05, 4.69) is 9.88 Å². The van der Waals surface area contributed by atoms with Gasteiger partial charge in [0, 0.05) is 57.5 Å². The molecule has 6 nitrogen and oxygen atoms in total. The van der Waals surface area contributed by atoms with Gasteiger partial charge in [-0.3, -0.25) is 14.7 Å². The maximum Gasteiger partial charge on any atom is 0.267 e. The number of nitrogens with zero attached hydrogens (tertiary/aromatic N) is 2. The molecular formula is C23H33N3O3. The van der Waals surface area contributed by atoms with Crippen LogP contribution in [0.15, 0.2) is 18.3 Å². The maximum absolute atomic E-state index is 11.7. The molecule has 3 heterocycles. The Labute approximate surface area is 173 Å². The fraction of sp³-hybridized carbons (Fsp3) is 0.739. The third-order valence-electron chi connectivity index (χ3n) is 8.44. The lowest BCUT2D eigenvalue weighted by atomic mass is 9.58. The van der Waals surface area contributed by atoms with E-state index in [1.807, 2.05) is 19.2 Å². The molecule has 158 valence electrons. The van der Waals surface area contributed by atoms with Crippen LogP contribution in [0.5, 0.6) is 0 Å². The minimum absolute atomic E-state index is 0.331. The van der Waals surface area contributed by atoms with E-state index in [9.17, 15) is 4.79 Å². The monoisotopic (exact) mass is 399 g/mol. The van der Waals surface area contributed by atoms with Gasteiger partial charge in [0.1, 0.15) is 11.3 Å². The Bertz CT molecular complexity index is 754. The van der Waals surface area contributed by atoms with Crippen molar-refractivity contribution < 1.29 is 14.3 Å². The highest BCUT2D eigenvalue weighted by molar-refractivity contribution is 5.90. The van der Waals surface area contributed by atoms with Crippen molar-refractivity contribution in [1.29, 1.82) is 0 Å². The molecule has 1 spiro atoms. The van der Waals surface area contributed by atoms with Crippen LogP contribution in [0.25, 0.3) is 0 Å². The quantitative estimate of drug-likeness (QED) is 0.842. The van der Waals surface area contributed by atoms with E-state index < -0.39 is 5.91 Å². The molecule has 2 saturated carbocycles. The SMILES string of the molecule is COC1(c2ccnc(C(N)=O)c2)[C@@H]2CCC[C@H]1CN(C1CC3(CCOCC3)C1)C2. The lowest BCUT2D eigenvalue weighted by Gasteiger charge is -2.60. The second-order valence-electron chi connectivity index (χ2n) is 9.74. The van der Waals surface area contributed by atoms with Gasteiger partial charge in [-0.05, 0) is 61.6 Å². The summed E-state index contributed by atoms with van der Waals surface area (Å²) < 4.78 is 11.9. The molecule has 1 amide bonds. The van der Waals surface area contributed by atoms with Gasteiger partial charge < -0.3 is 15.2 Å². The summed E-state index contributed by atoms with van der Waals surface area (Å²) in [5, 5.41) is 0. The number of likely N-dealkylation sites (tertiary alicyclic amines) is 1. The number of methoxy groups -OCH3 is 1. The first kappa shape index (κ1) is 19.5. The molecule has 3 atom stereocenters. The van der Waals surface area contributed by atoms with Crippen LogP contribution in [0.2, 0.25) is 0 Å². The predicted octanol–water partition coefficient (Wildman–Crippen LogP) is 2.71. The molecule has 1 unspecified atom stereocenters. The zero-order valence-corrected chi connectivity index (χ0v) is 17.4. The molecule has 0 radical (unpaired) electrons. The lowest BCUT2D eigenvalue weighted by molar-refractivity contribution is -0.188. The van der Waals surface area contributed by atoms with E-state index in [0.717, 1.165) is 31.9 Å². The van der Waals surface area contributed by atoms with Crippen LogP contribution < -0.4 is 5.73 Å². The Morgan fingerprint density at radius 2 is 1.93 bits per heavy atom. The number of ether oxygens (including phenoxy) is 2. The summed E-state index contributed by atoms with van der Waals surface area (Å²) in [5.41, 5.74) is 7.14. The number of fused-ring (bicyclic) bond motifs is 2.